The lowest BCUT2D eigenvalue weighted by molar-refractivity contribution is 0.0956. The molecular weight excluding hydrogens is 322 g/mol. The smallest absolute Gasteiger partial charge is 0.128 e. The van der Waals surface area contributed by atoms with Crippen LogP contribution in [-0.4, -0.2) is 44.6 Å². The predicted molar refractivity (Wildman–Crippen MR) is 105 cm³/mol. The van der Waals surface area contributed by atoms with Gasteiger partial charge in [0.2, 0.25) is 0 Å². The molecule has 0 atom stereocenters. The first kappa shape index (κ1) is 17.5. The number of aromatic nitrogens is 3. The fourth-order valence-electron chi connectivity index (χ4n) is 4.77. The number of rotatable bonds is 5. The number of imidazole rings is 1. The summed E-state index contributed by atoms with van der Waals surface area (Å²) in [6.45, 7) is 9.80. The van der Waals surface area contributed by atoms with E-state index in [4.69, 9.17) is 4.98 Å². The summed E-state index contributed by atoms with van der Waals surface area (Å²) in [4.78, 5) is 14.6. The molecule has 0 aromatic carbocycles. The third kappa shape index (κ3) is 3.37. The first-order valence-corrected chi connectivity index (χ1v) is 10.1. The maximum atomic E-state index is 4.72. The van der Waals surface area contributed by atoms with E-state index in [1.54, 1.807) is 0 Å². The van der Waals surface area contributed by atoms with E-state index >= 15 is 0 Å². The highest BCUT2D eigenvalue weighted by atomic mass is 15.3. The highest BCUT2D eigenvalue weighted by Crippen LogP contribution is 2.40. The molecule has 0 N–H and O–H groups in total. The van der Waals surface area contributed by atoms with Crippen LogP contribution < -0.4 is 4.90 Å². The Labute approximate surface area is 157 Å². The summed E-state index contributed by atoms with van der Waals surface area (Å²) in [6.07, 6.45) is 10.4. The Kier molecular flexibility index (Phi) is 4.98. The first-order valence-electron chi connectivity index (χ1n) is 10.1. The number of pyridine rings is 1. The maximum Gasteiger partial charge on any atom is 0.128 e. The second-order valence-corrected chi connectivity index (χ2v) is 7.91. The summed E-state index contributed by atoms with van der Waals surface area (Å²) in [5, 5.41) is 0. The minimum Gasteiger partial charge on any atom is -0.356 e. The van der Waals surface area contributed by atoms with E-state index < -0.39 is 0 Å². The van der Waals surface area contributed by atoms with Crippen LogP contribution in [0.2, 0.25) is 0 Å². The van der Waals surface area contributed by atoms with Crippen LogP contribution in [0, 0.1) is 6.92 Å². The van der Waals surface area contributed by atoms with Gasteiger partial charge >= 0.3 is 0 Å². The van der Waals surface area contributed by atoms with Crippen LogP contribution in [-0.2, 0) is 13.1 Å². The zero-order valence-corrected chi connectivity index (χ0v) is 16.2. The molecule has 0 aliphatic carbocycles. The third-order valence-corrected chi connectivity index (χ3v) is 6.23. The van der Waals surface area contributed by atoms with Crippen LogP contribution in [0.4, 0.5) is 5.82 Å². The molecule has 2 aromatic heterocycles. The molecule has 0 unspecified atom stereocenters. The molecular formula is C21H31N5. The van der Waals surface area contributed by atoms with Crippen LogP contribution in [0.1, 0.15) is 50.5 Å². The molecule has 0 radical (unpaired) electrons. The zero-order chi connectivity index (χ0) is 18.0. The second-order valence-electron chi connectivity index (χ2n) is 7.91. The van der Waals surface area contributed by atoms with Crippen molar-refractivity contribution in [2.75, 3.05) is 24.5 Å². The van der Waals surface area contributed by atoms with Crippen molar-refractivity contribution in [1.29, 1.82) is 0 Å². The van der Waals surface area contributed by atoms with Gasteiger partial charge in [-0.25, -0.2) is 9.97 Å². The molecule has 2 aromatic rings. The average Bonchev–Trinajstić information content (AvgIpc) is 3.24. The summed E-state index contributed by atoms with van der Waals surface area (Å²) < 4.78 is 2.33. The van der Waals surface area contributed by atoms with Gasteiger partial charge in [-0.3, -0.25) is 4.90 Å². The van der Waals surface area contributed by atoms with Crippen LogP contribution in [0.15, 0.2) is 30.6 Å². The monoisotopic (exact) mass is 353 g/mol. The van der Waals surface area contributed by atoms with Gasteiger partial charge in [0.1, 0.15) is 11.6 Å². The van der Waals surface area contributed by atoms with Gasteiger partial charge in [0, 0.05) is 43.3 Å². The van der Waals surface area contributed by atoms with Gasteiger partial charge in [-0.2, -0.15) is 0 Å². The molecule has 26 heavy (non-hydrogen) atoms. The van der Waals surface area contributed by atoms with Gasteiger partial charge in [-0.1, -0.05) is 13.0 Å². The molecule has 5 heteroatoms. The first-order chi connectivity index (χ1) is 12.7. The van der Waals surface area contributed by atoms with Gasteiger partial charge in [0.25, 0.3) is 0 Å². The van der Waals surface area contributed by atoms with E-state index in [1.807, 2.05) is 6.20 Å². The number of nitrogens with zero attached hydrogens (tertiary/aromatic N) is 5. The van der Waals surface area contributed by atoms with Crippen LogP contribution in [0.25, 0.3) is 0 Å². The van der Waals surface area contributed by atoms with E-state index in [1.165, 1.54) is 38.1 Å². The molecule has 4 rings (SSSR count). The van der Waals surface area contributed by atoms with Crippen molar-refractivity contribution in [3.05, 3.63) is 42.1 Å². The van der Waals surface area contributed by atoms with Crippen LogP contribution in [0.5, 0.6) is 0 Å². The molecule has 2 aliphatic heterocycles. The number of hydrogen-bond donors (Lipinski definition) is 0. The summed E-state index contributed by atoms with van der Waals surface area (Å²) in [5.41, 5.74) is 1.47. The van der Waals surface area contributed by atoms with Crippen LogP contribution >= 0.6 is 0 Å². The number of piperidine rings is 1. The largest absolute Gasteiger partial charge is 0.356 e. The molecule has 0 amide bonds. The Balaban J connectivity index is 1.44. The molecule has 2 aliphatic rings. The lowest BCUT2D eigenvalue weighted by atomic mass is 9.85. The minimum absolute atomic E-state index is 0.364. The summed E-state index contributed by atoms with van der Waals surface area (Å²) in [6, 6.07) is 6.35. The number of anilines is 1. The summed E-state index contributed by atoms with van der Waals surface area (Å²) >= 11 is 0. The average molecular weight is 354 g/mol. The van der Waals surface area contributed by atoms with Crippen molar-refractivity contribution < 1.29 is 0 Å². The SMILES string of the molecule is CCCn1ccnc1CN1CCCC12CCN(c1cccc(C)n1)CC2. The van der Waals surface area contributed by atoms with E-state index in [-0.39, 0.29) is 0 Å². The van der Waals surface area contributed by atoms with Gasteiger partial charge in [-0.15, -0.1) is 0 Å². The van der Waals surface area contributed by atoms with Crippen molar-refractivity contribution in [3.63, 3.8) is 0 Å². The minimum atomic E-state index is 0.364. The van der Waals surface area contributed by atoms with E-state index in [0.29, 0.717) is 5.54 Å². The Hall–Kier alpha value is -1.88. The highest BCUT2D eigenvalue weighted by Gasteiger charge is 2.43. The quantitative estimate of drug-likeness (QED) is 0.822. The van der Waals surface area contributed by atoms with Gasteiger partial charge < -0.3 is 9.47 Å². The normalized spacial score (nSPS) is 20.2. The molecule has 140 valence electrons. The van der Waals surface area contributed by atoms with Gasteiger partial charge in [0.15, 0.2) is 0 Å². The van der Waals surface area contributed by atoms with E-state index in [0.717, 1.165) is 44.1 Å². The summed E-state index contributed by atoms with van der Waals surface area (Å²) in [5.74, 6) is 2.37. The molecule has 0 bridgehead atoms. The number of likely N-dealkylation sites (tertiary alicyclic amines) is 1. The molecule has 5 nitrogen and oxygen atoms in total. The molecule has 2 saturated heterocycles. The zero-order valence-electron chi connectivity index (χ0n) is 16.2. The van der Waals surface area contributed by atoms with Crippen molar-refractivity contribution in [1.82, 2.24) is 19.4 Å². The standard InChI is InChI=1S/C21H31N5/c1-3-12-24-16-11-22-20(24)17-26-13-5-8-21(26)9-14-25(15-10-21)19-7-4-6-18(2)23-19/h4,6-7,11,16H,3,5,8-10,12-15,17H2,1-2H3. The maximum absolute atomic E-state index is 4.72. The van der Waals surface area contributed by atoms with Crippen molar-refractivity contribution in [3.8, 4) is 0 Å². The summed E-state index contributed by atoms with van der Waals surface area (Å²) in [7, 11) is 0. The van der Waals surface area contributed by atoms with E-state index in [9.17, 15) is 0 Å². The topological polar surface area (TPSA) is 37.2 Å². The van der Waals surface area contributed by atoms with Gasteiger partial charge in [-0.05, 0) is 57.7 Å². The lowest BCUT2D eigenvalue weighted by Crippen LogP contribution is -2.52. The Morgan fingerprint density at radius 1 is 1.12 bits per heavy atom. The van der Waals surface area contributed by atoms with E-state index in [2.05, 4.69) is 57.6 Å². The number of aryl methyl sites for hydroxylation is 2. The molecule has 2 fully saturated rings. The molecule has 1 spiro atoms. The Morgan fingerprint density at radius 2 is 1.96 bits per heavy atom. The predicted octanol–water partition coefficient (Wildman–Crippen LogP) is 3.63. The van der Waals surface area contributed by atoms with Gasteiger partial charge in [0.05, 0.1) is 6.54 Å². The van der Waals surface area contributed by atoms with Crippen LogP contribution in [0.3, 0.4) is 0 Å². The fraction of sp³-hybridized carbons (Fsp3) is 0.619. The third-order valence-electron chi connectivity index (χ3n) is 6.23. The Bertz CT molecular complexity index is 730. The molecule has 0 saturated carbocycles. The van der Waals surface area contributed by atoms with Crippen molar-refractivity contribution in [2.24, 2.45) is 0 Å². The highest BCUT2D eigenvalue weighted by molar-refractivity contribution is 5.40. The fourth-order valence-corrected chi connectivity index (χ4v) is 4.77. The lowest BCUT2D eigenvalue weighted by Gasteiger charge is -2.45. The van der Waals surface area contributed by atoms with Crippen molar-refractivity contribution in [2.45, 2.75) is 64.6 Å². The Morgan fingerprint density at radius 3 is 2.73 bits per heavy atom. The van der Waals surface area contributed by atoms with Crippen molar-refractivity contribution >= 4 is 5.82 Å². The number of hydrogen-bond acceptors (Lipinski definition) is 4. The second kappa shape index (κ2) is 7.39. The molecule has 4 heterocycles.